The van der Waals surface area contributed by atoms with E-state index >= 15 is 0 Å². The van der Waals surface area contributed by atoms with Gasteiger partial charge in [-0.25, -0.2) is 9.97 Å². The Morgan fingerprint density at radius 3 is 2.90 bits per heavy atom. The van der Waals surface area contributed by atoms with Crippen molar-refractivity contribution in [2.24, 2.45) is 0 Å². The highest BCUT2D eigenvalue weighted by molar-refractivity contribution is 5.82. The first kappa shape index (κ1) is 12.1. The summed E-state index contributed by atoms with van der Waals surface area (Å²) < 4.78 is 0. The number of nitrogens with one attached hydrogen (secondary N) is 2. The largest absolute Gasteiger partial charge is 0.356 e. The van der Waals surface area contributed by atoms with E-state index in [1.165, 1.54) is 12.8 Å². The van der Waals surface area contributed by atoms with Gasteiger partial charge in [-0.15, -0.1) is 0 Å². The number of anilines is 3. The molecule has 3 heterocycles. The standard InChI is InChI=1S/C15H16N6/c1-2-6-21(5-1)15-8-14(16-10-17-15)19-12-4-3-11-9-18-20-13(11)7-12/h3-4,7-10H,1-2,5-6H2,(H,18,20)(H,16,17,19). The van der Waals surface area contributed by atoms with Crippen LogP contribution in [0.1, 0.15) is 12.8 Å². The number of aromatic amines is 1. The van der Waals surface area contributed by atoms with Gasteiger partial charge in [0.1, 0.15) is 18.0 Å². The molecule has 106 valence electrons. The Morgan fingerprint density at radius 2 is 2.00 bits per heavy atom. The molecule has 0 bridgehead atoms. The molecule has 0 saturated carbocycles. The van der Waals surface area contributed by atoms with Crippen LogP contribution in [-0.4, -0.2) is 33.3 Å². The Balaban J connectivity index is 1.59. The maximum Gasteiger partial charge on any atom is 0.135 e. The third-order valence-corrected chi connectivity index (χ3v) is 3.80. The second-order valence-corrected chi connectivity index (χ2v) is 5.25. The molecule has 0 unspecified atom stereocenters. The number of nitrogens with zero attached hydrogens (tertiary/aromatic N) is 4. The van der Waals surface area contributed by atoms with Crippen LogP contribution >= 0.6 is 0 Å². The minimum absolute atomic E-state index is 0.811. The van der Waals surface area contributed by atoms with Crippen molar-refractivity contribution < 1.29 is 0 Å². The molecule has 3 aromatic rings. The van der Waals surface area contributed by atoms with Crippen molar-refractivity contribution >= 4 is 28.2 Å². The van der Waals surface area contributed by atoms with Crippen LogP contribution in [0.25, 0.3) is 10.9 Å². The normalized spacial score (nSPS) is 14.8. The number of hydrogen-bond acceptors (Lipinski definition) is 5. The first-order valence-corrected chi connectivity index (χ1v) is 7.16. The SMILES string of the molecule is c1nc(Nc2ccc3cn[nH]c3c2)cc(N2CCCC2)n1. The summed E-state index contributed by atoms with van der Waals surface area (Å²) in [6, 6.07) is 8.08. The maximum atomic E-state index is 4.36. The van der Waals surface area contributed by atoms with Crippen LogP contribution in [0.5, 0.6) is 0 Å². The van der Waals surface area contributed by atoms with Gasteiger partial charge in [-0.1, -0.05) is 0 Å². The predicted molar refractivity (Wildman–Crippen MR) is 82.9 cm³/mol. The van der Waals surface area contributed by atoms with Gasteiger partial charge in [0.2, 0.25) is 0 Å². The van der Waals surface area contributed by atoms with Gasteiger partial charge in [-0.05, 0) is 31.0 Å². The Hall–Kier alpha value is -2.63. The first-order chi connectivity index (χ1) is 10.4. The zero-order chi connectivity index (χ0) is 14.1. The predicted octanol–water partition coefficient (Wildman–Crippen LogP) is 2.70. The maximum absolute atomic E-state index is 4.36. The average Bonchev–Trinajstić information content (AvgIpc) is 3.18. The number of hydrogen-bond donors (Lipinski definition) is 2. The van der Waals surface area contributed by atoms with Gasteiger partial charge in [0.05, 0.1) is 11.7 Å². The molecule has 1 saturated heterocycles. The highest BCUT2D eigenvalue weighted by Gasteiger charge is 2.14. The summed E-state index contributed by atoms with van der Waals surface area (Å²) in [6.07, 6.45) is 5.91. The number of H-pyrrole nitrogens is 1. The Kier molecular flexibility index (Phi) is 2.92. The first-order valence-electron chi connectivity index (χ1n) is 7.16. The molecule has 0 atom stereocenters. The smallest absolute Gasteiger partial charge is 0.135 e. The third-order valence-electron chi connectivity index (χ3n) is 3.80. The quantitative estimate of drug-likeness (QED) is 0.772. The molecule has 6 nitrogen and oxygen atoms in total. The van der Waals surface area contributed by atoms with Crippen LogP contribution in [0.2, 0.25) is 0 Å². The van der Waals surface area contributed by atoms with E-state index in [1.54, 1.807) is 6.33 Å². The minimum Gasteiger partial charge on any atom is -0.356 e. The number of rotatable bonds is 3. The number of aromatic nitrogens is 4. The molecule has 21 heavy (non-hydrogen) atoms. The summed E-state index contributed by atoms with van der Waals surface area (Å²) in [6.45, 7) is 2.16. The molecule has 2 N–H and O–H groups in total. The number of fused-ring (bicyclic) bond motifs is 1. The molecular formula is C15H16N6. The van der Waals surface area contributed by atoms with E-state index in [9.17, 15) is 0 Å². The van der Waals surface area contributed by atoms with E-state index in [-0.39, 0.29) is 0 Å². The Labute approximate surface area is 122 Å². The molecule has 1 fully saturated rings. The second kappa shape index (κ2) is 5.05. The summed E-state index contributed by atoms with van der Waals surface area (Å²) in [7, 11) is 0. The molecule has 0 aliphatic carbocycles. The van der Waals surface area contributed by atoms with Crippen molar-refractivity contribution in [2.75, 3.05) is 23.3 Å². The number of benzene rings is 1. The lowest BCUT2D eigenvalue weighted by Crippen LogP contribution is -2.19. The highest BCUT2D eigenvalue weighted by atomic mass is 15.2. The van der Waals surface area contributed by atoms with E-state index in [0.29, 0.717) is 0 Å². The van der Waals surface area contributed by atoms with Crippen LogP contribution < -0.4 is 10.2 Å². The monoisotopic (exact) mass is 280 g/mol. The summed E-state index contributed by atoms with van der Waals surface area (Å²) in [5.74, 6) is 1.80. The minimum atomic E-state index is 0.811. The van der Waals surface area contributed by atoms with Crippen LogP contribution in [0.4, 0.5) is 17.3 Å². The molecule has 6 heteroatoms. The zero-order valence-electron chi connectivity index (χ0n) is 11.6. The van der Waals surface area contributed by atoms with Gasteiger partial charge in [0, 0.05) is 30.2 Å². The average molecular weight is 280 g/mol. The van der Waals surface area contributed by atoms with Crippen LogP contribution in [0, 0.1) is 0 Å². The van der Waals surface area contributed by atoms with Crippen molar-refractivity contribution in [1.82, 2.24) is 20.2 Å². The summed E-state index contributed by atoms with van der Waals surface area (Å²) in [5.41, 5.74) is 1.99. The van der Waals surface area contributed by atoms with Crippen LogP contribution in [0.3, 0.4) is 0 Å². The molecule has 0 spiro atoms. The highest BCUT2D eigenvalue weighted by Crippen LogP contribution is 2.23. The van der Waals surface area contributed by atoms with E-state index in [1.807, 2.05) is 30.5 Å². The fourth-order valence-corrected chi connectivity index (χ4v) is 2.70. The van der Waals surface area contributed by atoms with E-state index in [0.717, 1.165) is 41.3 Å². The molecule has 0 radical (unpaired) electrons. The molecule has 1 aliphatic heterocycles. The molecule has 1 aliphatic rings. The summed E-state index contributed by atoms with van der Waals surface area (Å²) in [4.78, 5) is 11.0. The lowest BCUT2D eigenvalue weighted by molar-refractivity contribution is 0.928. The van der Waals surface area contributed by atoms with Crippen molar-refractivity contribution in [2.45, 2.75) is 12.8 Å². The summed E-state index contributed by atoms with van der Waals surface area (Å²) >= 11 is 0. The lowest BCUT2D eigenvalue weighted by atomic mass is 10.2. The van der Waals surface area contributed by atoms with Gasteiger partial charge in [0.15, 0.2) is 0 Å². The van der Waals surface area contributed by atoms with Crippen molar-refractivity contribution in [1.29, 1.82) is 0 Å². The fraction of sp³-hybridized carbons (Fsp3) is 0.267. The molecule has 4 rings (SSSR count). The van der Waals surface area contributed by atoms with Gasteiger partial charge in [-0.3, -0.25) is 5.10 Å². The van der Waals surface area contributed by atoms with Crippen molar-refractivity contribution in [3.63, 3.8) is 0 Å². The molecule has 1 aromatic carbocycles. The third kappa shape index (κ3) is 2.40. The van der Waals surface area contributed by atoms with E-state index in [4.69, 9.17) is 0 Å². The van der Waals surface area contributed by atoms with Crippen molar-refractivity contribution in [3.8, 4) is 0 Å². The lowest BCUT2D eigenvalue weighted by Gasteiger charge is -2.16. The zero-order valence-corrected chi connectivity index (χ0v) is 11.6. The van der Waals surface area contributed by atoms with Crippen LogP contribution in [-0.2, 0) is 0 Å². The van der Waals surface area contributed by atoms with E-state index in [2.05, 4.69) is 30.4 Å². The summed E-state index contributed by atoms with van der Waals surface area (Å²) in [5, 5.41) is 11.4. The van der Waals surface area contributed by atoms with Gasteiger partial charge >= 0.3 is 0 Å². The molecular weight excluding hydrogens is 264 g/mol. The Morgan fingerprint density at radius 1 is 1.10 bits per heavy atom. The molecule has 2 aromatic heterocycles. The Bertz CT molecular complexity index is 759. The van der Waals surface area contributed by atoms with Crippen LogP contribution in [0.15, 0.2) is 36.8 Å². The van der Waals surface area contributed by atoms with Gasteiger partial charge in [0.25, 0.3) is 0 Å². The topological polar surface area (TPSA) is 69.7 Å². The van der Waals surface area contributed by atoms with Gasteiger partial charge in [-0.2, -0.15) is 5.10 Å². The fourth-order valence-electron chi connectivity index (χ4n) is 2.70. The second-order valence-electron chi connectivity index (χ2n) is 5.25. The van der Waals surface area contributed by atoms with Gasteiger partial charge < -0.3 is 10.2 Å². The molecule has 0 amide bonds. The van der Waals surface area contributed by atoms with Crippen molar-refractivity contribution in [3.05, 3.63) is 36.8 Å². The van der Waals surface area contributed by atoms with E-state index < -0.39 is 0 Å².